The first-order valence-electron chi connectivity index (χ1n) is 10.6. The molecule has 35 heavy (non-hydrogen) atoms. The molecular weight excluding hydrogens is 448 g/mol. The van der Waals surface area contributed by atoms with Crippen LogP contribution in [-0.2, 0) is 0 Å². The summed E-state index contributed by atoms with van der Waals surface area (Å²) in [4.78, 5) is 24.3. The molecule has 0 aliphatic rings. The molecular formula is C27H22N2O6. The van der Waals surface area contributed by atoms with Gasteiger partial charge in [0.05, 0.1) is 19.1 Å². The summed E-state index contributed by atoms with van der Waals surface area (Å²) >= 11 is 0. The lowest BCUT2D eigenvalue weighted by molar-refractivity contribution is -0.383. The third-order valence-corrected chi connectivity index (χ3v) is 5.49. The Hall–Kier alpha value is -4.85. The fourth-order valence-corrected chi connectivity index (χ4v) is 3.68. The van der Waals surface area contributed by atoms with Crippen molar-refractivity contribution in [3.8, 4) is 39.5 Å². The maximum Gasteiger partial charge on any atom is 0.293 e. The third kappa shape index (κ3) is 5.06. The Kier molecular flexibility index (Phi) is 6.64. The van der Waals surface area contributed by atoms with Crippen molar-refractivity contribution in [1.29, 1.82) is 0 Å². The standard InChI is InChI=1S/C27H22N2O6/c1-34-22-5-3-4-19(14-22)23-15-20(9-13-26(23)35-2)27(31)28-24-12-8-18(16-25(24)29(32)33)17-6-10-21(30)11-7-17/h3-16,30H,1-2H3,(H,28,31). The molecule has 0 aliphatic heterocycles. The minimum atomic E-state index is -0.546. The highest BCUT2D eigenvalue weighted by molar-refractivity contribution is 6.06. The van der Waals surface area contributed by atoms with Crippen LogP contribution in [0.2, 0.25) is 0 Å². The number of nitro groups is 1. The highest BCUT2D eigenvalue weighted by Crippen LogP contribution is 2.34. The summed E-state index contributed by atoms with van der Waals surface area (Å²) in [6.45, 7) is 0. The van der Waals surface area contributed by atoms with Gasteiger partial charge in [-0.15, -0.1) is 0 Å². The van der Waals surface area contributed by atoms with E-state index in [-0.39, 0.29) is 17.1 Å². The summed E-state index contributed by atoms with van der Waals surface area (Å²) in [6, 6.07) is 23.1. The number of anilines is 1. The molecule has 0 aromatic heterocycles. The molecule has 0 unspecified atom stereocenters. The number of methoxy groups -OCH3 is 2. The first-order valence-corrected chi connectivity index (χ1v) is 10.6. The topological polar surface area (TPSA) is 111 Å². The van der Waals surface area contributed by atoms with E-state index in [2.05, 4.69) is 5.32 Å². The van der Waals surface area contributed by atoms with Gasteiger partial charge in [0.1, 0.15) is 22.9 Å². The van der Waals surface area contributed by atoms with E-state index in [0.29, 0.717) is 33.8 Å². The molecule has 8 heteroatoms. The number of aromatic hydroxyl groups is 1. The number of nitrogens with one attached hydrogen (secondary N) is 1. The predicted octanol–water partition coefficient (Wildman–Crippen LogP) is 5.90. The molecule has 8 nitrogen and oxygen atoms in total. The molecule has 4 aromatic rings. The van der Waals surface area contributed by atoms with Crippen molar-refractivity contribution in [3.05, 3.63) is 101 Å². The van der Waals surface area contributed by atoms with Crippen molar-refractivity contribution in [1.82, 2.24) is 0 Å². The van der Waals surface area contributed by atoms with Crippen molar-refractivity contribution in [2.45, 2.75) is 0 Å². The van der Waals surface area contributed by atoms with Gasteiger partial charge in [-0.25, -0.2) is 0 Å². The van der Waals surface area contributed by atoms with Crippen LogP contribution < -0.4 is 14.8 Å². The van der Waals surface area contributed by atoms with Crippen molar-refractivity contribution >= 4 is 17.3 Å². The highest BCUT2D eigenvalue weighted by atomic mass is 16.6. The molecule has 0 saturated carbocycles. The Bertz CT molecular complexity index is 1400. The smallest absolute Gasteiger partial charge is 0.293 e. The van der Waals surface area contributed by atoms with Crippen molar-refractivity contribution in [2.24, 2.45) is 0 Å². The van der Waals surface area contributed by atoms with Gasteiger partial charge < -0.3 is 19.9 Å². The Morgan fingerprint density at radius 3 is 2.29 bits per heavy atom. The number of hydrogen-bond acceptors (Lipinski definition) is 6. The van der Waals surface area contributed by atoms with Crippen LogP contribution in [-0.4, -0.2) is 30.2 Å². The number of phenols is 1. The molecule has 0 spiro atoms. The van der Waals surface area contributed by atoms with E-state index < -0.39 is 10.8 Å². The van der Waals surface area contributed by atoms with E-state index in [0.717, 1.165) is 5.56 Å². The number of amides is 1. The van der Waals surface area contributed by atoms with Crippen LogP contribution in [0.5, 0.6) is 17.2 Å². The summed E-state index contributed by atoms with van der Waals surface area (Å²) < 4.78 is 10.8. The number of nitrogens with zero attached hydrogens (tertiary/aromatic N) is 1. The van der Waals surface area contributed by atoms with E-state index >= 15 is 0 Å². The lowest BCUT2D eigenvalue weighted by atomic mass is 10.0. The van der Waals surface area contributed by atoms with Gasteiger partial charge in [-0.2, -0.15) is 0 Å². The summed E-state index contributed by atoms with van der Waals surface area (Å²) in [5.74, 6) is 0.819. The monoisotopic (exact) mass is 470 g/mol. The SMILES string of the molecule is COc1cccc(-c2cc(C(=O)Nc3ccc(-c4ccc(O)cc4)cc3[N+](=O)[O-])ccc2OC)c1. The summed E-state index contributed by atoms with van der Waals surface area (Å²) in [6.07, 6.45) is 0. The number of hydrogen-bond donors (Lipinski definition) is 2. The first kappa shape index (κ1) is 23.3. The molecule has 4 aromatic carbocycles. The zero-order valence-corrected chi connectivity index (χ0v) is 19.0. The lowest BCUT2D eigenvalue weighted by Gasteiger charge is -2.13. The number of rotatable bonds is 7. The van der Waals surface area contributed by atoms with Gasteiger partial charge in [-0.05, 0) is 65.2 Å². The molecule has 0 radical (unpaired) electrons. The third-order valence-electron chi connectivity index (χ3n) is 5.49. The summed E-state index contributed by atoms with van der Waals surface area (Å²) in [7, 11) is 3.11. The second-order valence-electron chi connectivity index (χ2n) is 7.64. The van der Waals surface area contributed by atoms with E-state index in [1.54, 1.807) is 43.5 Å². The molecule has 4 rings (SSSR count). The first-order chi connectivity index (χ1) is 16.9. The number of benzene rings is 4. The molecule has 1 amide bonds. The van der Waals surface area contributed by atoms with Crippen LogP contribution in [0.3, 0.4) is 0 Å². The number of ether oxygens (including phenoxy) is 2. The molecule has 0 aliphatic carbocycles. The second kappa shape index (κ2) is 9.96. The average Bonchev–Trinajstić information content (AvgIpc) is 2.88. The quantitative estimate of drug-likeness (QED) is 0.257. The minimum Gasteiger partial charge on any atom is -0.508 e. The van der Waals surface area contributed by atoms with Gasteiger partial charge in [0.2, 0.25) is 0 Å². The Morgan fingerprint density at radius 1 is 0.857 bits per heavy atom. The van der Waals surface area contributed by atoms with Gasteiger partial charge in [0.15, 0.2) is 0 Å². The van der Waals surface area contributed by atoms with Gasteiger partial charge in [0, 0.05) is 17.2 Å². The average molecular weight is 470 g/mol. The van der Waals surface area contributed by atoms with Crippen molar-refractivity contribution in [3.63, 3.8) is 0 Å². The van der Waals surface area contributed by atoms with Crippen LogP contribution >= 0.6 is 0 Å². The molecule has 0 saturated heterocycles. The van der Waals surface area contributed by atoms with Crippen LogP contribution in [0.1, 0.15) is 10.4 Å². The zero-order chi connectivity index (χ0) is 24.9. The minimum absolute atomic E-state index is 0.0706. The van der Waals surface area contributed by atoms with Gasteiger partial charge in [0.25, 0.3) is 11.6 Å². The lowest BCUT2D eigenvalue weighted by Crippen LogP contribution is -2.13. The van der Waals surface area contributed by atoms with Gasteiger partial charge >= 0.3 is 0 Å². The van der Waals surface area contributed by atoms with E-state index in [1.807, 2.05) is 24.3 Å². The maximum atomic E-state index is 13.1. The van der Waals surface area contributed by atoms with E-state index in [4.69, 9.17) is 9.47 Å². The second-order valence-corrected chi connectivity index (χ2v) is 7.64. The Balaban J connectivity index is 1.66. The molecule has 2 N–H and O–H groups in total. The van der Waals surface area contributed by atoms with E-state index in [1.165, 1.54) is 31.4 Å². The van der Waals surface area contributed by atoms with Crippen LogP contribution in [0.4, 0.5) is 11.4 Å². The van der Waals surface area contributed by atoms with Gasteiger partial charge in [-0.3, -0.25) is 14.9 Å². The molecule has 0 heterocycles. The Morgan fingerprint density at radius 2 is 1.60 bits per heavy atom. The van der Waals surface area contributed by atoms with E-state index in [9.17, 15) is 20.0 Å². The molecule has 0 bridgehead atoms. The molecule has 0 fully saturated rings. The largest absolute Gasteiger partial charge is 0.508 e. The van der Waals surface area contributed by atoms with Crippen molar-refractivity contribution < 1.29 is 24.3 Å². The molecule has 0 atom stereocenters. The van der Waals surface area contributed by atoms with Gasteiger partial charge in [-0.1, -0.05) is 30.3 Å². The van der Waals surface area contributed by atoms with Crippen LogP contribution in [0.25, 0.3) is 22.3 Å². The number of carbonyl (C=O) groups is 1. The summed E-state index contributed by atoms with van der Waals surface area (Å²) in [5.41, 5.74) is 2.88. The fraction of sp³-hybridized carbons (Fsp3) is 0.0741. The Labute approximate surface area is 201 Å². The number of phenolic OH excluding ortho intramolecular Hbond substituents is 1. The van der Waals surface area contributed by atoms with Crippen LogP contribution in [0, 0.1) is 10.1 Å². The normalized spacial score (nSPS) is 10.5. The fourth-order valence-electron chi connectivity index (χ4n) is 3.68. The van der Waals surface area contributed by atoms with Crippen LogP contribution in [0.15, 0.2) is 84.9 Å². The molecule has 176 valence electrons. The van der Waals surface area contributed by atoms with Crippen molar-refractivity contribution in [2.75, 3.05) is 19.5 Å². The summed E-state index contributed by atoms with van der Waals surface area (Å²) in [5, 5.41) is 23.9. The maximum absolute atomic E-state index is 13.1. The zero-order valence-electron chi connectivity index (χ0n) is 19.0. The number of carbonyl (C=O) groups excluding carboxylic acids is 1. The predicted molar refractivity (Wildman–Crippen MR) is 133 cm³/mol. The number of nitro benzene ring substituents is 1. The highest BCUT2D eigenvalue weighted by Gasteiger charge is 2.19.